The highest BCUT2D eigenvalue weighted by Gasteiger charge is 2.26. The van der Waals surface area contributed by atoms with Gasteiger partial charge in [0.2, 0.25) is 0 Å². The Bertz CT molecular complexity index is 1120. The van der Waals surface area contributed by atoms with Crippen LogP contribution >= 0.6 is 12.2 Å². The van der Waals surface area contributed by atoms with Gasteiger partial charge < -0.3 is 19.3 Å². The van der Waals surface area contributed by atoms with Gasteiger partial charge in [-0.1, -0.05) is 19.4 Å². The Balaban J connectivity index is 1.59. The van der Waals surface area contributed by atoms with E-state index < -0.39 is 10.9 Å². The molecular formula is C25H30N4O6S. The zero-order valence-corrected chi connectivity index (χ0v) is 21.2. The van der Waals surface area contributed by atoms with Crippen molar-refractivity contribution in [3.8, 4) is 5.75 Å². The van der Waals surface area contributed by atoms with Crippen molar-refractivity contribution in [2.45, 2.75) is 26.7 Å². The Morgan fingerprint density at radius 3 is 2.50 bits per heavy atom. The van der Waals surface area contributed by atoms with Gasteiger partial charge in [0, 0.05) is 37.8 Å². The summed E-state index contributed by atoms with van der Waals surface area (Å²) in [6, 6.07) is 11.3. The average molecular weight is 515 g/mol. The van der Waals surface area contributed by atoms with Crippen molar-refractivity contribution in [3.05, 3.63) is 63.7 Å². The third-order valence-electron chi connectivity index (χ3n) is 5.67. The lowest BCUT2D eigenvalue weighted by molar-refractivity contribution is -0.384. The molecule has 0 atom stereocenters. The quantitative estimate of drug-likeness (QED) is 0.175. The minimum atomic E-state index is -0.601. The second kappa shape index (κ2) is 12.8. The molecule has 36 heavy (non-hydrogen) atoms. The highest BCUT2D eigenvalue weighted by Crippen LogP contribution is 2.30. The highest BCUT2D eigenvalue weighted by molar-refractivity contribution is 7.80. The van der Waals surface area contributed by atoms with Crippen LogP contribution < -0.4 is 15.0 Å². The molecule has 192 valence electrons. The second-order valence-electron chi connectivity index (χ2n) is 8.14. The molecule has 11 heteroatoms. The molecule has 1 aliphatic rings. The van der Waals surface area contributed by atoms with E-state index in [2.05, 4.69) is 12.2 Å². The minimum Gasteiger partial charge on any atom is -0.494 e. The number of carbonyl (C=O) groups excluding carboxylic acids is 2. The number of hydrogen-bond acceptors (Lipinski definition) is 8. The van der Waals surface area contributed by atoms with E-state index in [1.165, 1.54) is 12.1 Å². The number of unbranched alkanes of at least 4 members (excludes halogenated alkanes) is 1. The number of piperazine rings is 1. The highest BCUT2D eigenvalue weighted by atomic mass is 32.1. The minimum absolute atomic E-state index is 0.134. The fraction of sp³-hybridized carbons (Fsp3) is 0.400. The topological polar surface area (TPSA) is 114 Å². The molecule has 2 aromatic carbocycles. The molecule has 2 aromatic rings. The van der Waals surface area contributed by atoms with E-state index in [-0.39, 0.29) is 23.8 Å². The summed E-state index contributed by atoms with van der Waals surface area (Å²) < 4.78 is 10.6. The lowest BCUT2D eigenvalue weighted by Crippen LogP contribution is -2.52. The van der Waals surface area contributed by atoms with E-state index in [1.54, 1.807) is 31.2 Å². The third kappa shape index (κ3) is 6.91. The van der Waals surface area contributed by atoms with Gasteiger partial charge in [-0.3, -0.25) is 20.2 Å². The van der Waals surface area contributed by atoms with E-state index >= 15 is 0 Å². The van der Waals surface area contributed by atoms with Gasteiger partial charge in [-0.2, -0.15) is 0 Å². The van der Waals surface area contributed by atoms with Gasteiger partial charge in [0.25, 0.3) is 11.6 Å². The van der Waals surface area contributed by atoms with Crippen LogP contribution in [0.15, 0.2) is 42.5 Å². The molecule has 0 aliphatic carbocycles. The van der Waals surface area contributed by atoms with Gasteiger partial charge in [-0.25, -0.2) is 4.79 Å². The maximum atomic E-state index is 12.7. The summed E-state index contributed by atoms with van der Waals surface area (Å²) in [7, 11) is 0. The van der Waals surface area contributed by atoms with Gasteiger partial charge in [-0.15, -0.1) is 0 Å². The van der Waals surface area contributed by atoms with Crippen molar-refractivity contribution in [1.29, 1.82) is 0 Å². The molecular weight excluding hydrogens is 484 g/mol. The zero-order chi connectivity index (χ0) is 26.1. The first-order valence-electron chi connectivity index (χ1n) is 11.9. The van der Waals surface area contributed by atoms with Crippen LogP contribution in [-0.4, -0.2) is 66.2 Å². The summed E-state index contributed by atoms with van der Waals surface area (Å²) in [5.41, 5.74) is 0.838. The van der Waals surface area contributed by atoms with Crippen molar-refractivity contribution in [1.82, 2.24) is 10.2 Å². The number of nitro benzene ring substituents is 1. The van der Waals surface area contributed by atoms with Gasteiger partial charge in [0.1, 0.15) is 11.4 Å². The molecule has 1 saturated heterocycles. The molecule has 1 fully saturated rings. The summed E-state index contributed by atoms with van der Waals surface area (Å²) in [5.74, 6) is -0.295. The van der Waals surface area contributed by atoms with Crippen LogP contribution in [-0.2, 0) is 4.74 Å². The first-order valence-corrected chi connectivity index (χ1v) is 12.3. The van der Waals surface area contributed by atoms with Crippen molar-refractivity contribution in [2.24, 2.45) is 0 Å². The number of carbonyl (C=O) groups is 2. The normalized spacial score (nSPS) is 13.2. The lowest BCUT2D eigenvalue weighted by atomic mass is 10.1. The van der Waals surface area contributed by atoms with Gasteiger partial charge in [-0.05, 0) is 55.9 Å². The number of rotatable bonds is 9. The maximum Gasteiger partial charge on any atom is 0.338 e. The van der Waals surface area contributed by atoms with E-state index in [0.29, 0.717) is 54.9 Å². The molecule has 0 saturated carbocycles. The second-order valence-corrected chi connectivity index (χ2v) is 8.53. The summed E-state index contributed by atoms with van der Waals surface area (Å²) in [5, 5.41) is 14.7. The van der Waals surface area contributed by atoms with Crippen molar-refractivity contribution < 1.29 is 24.0 Å². The third-order valence-corrected chi connectivity index (χ3v) is 6.03. The summed E-state index contributed by atoms with van der Waals surface area (Å²) >= 11 is 5.45. The lowest BCUT2D eigenvalue weighted by Gasteiger charge is -2.37. The van der Waals surface area contributed by atoms with Crippen LogP contribution in [0.1, 0.15) is 47.4 Å². The molecule has 0 unspecified atom stereocenters. The number of benzene rings is 2. The summed E-state index contributed by atoms with van der Waals surface area (Å²) in [4.78, 5) is 39.6. The first kappa shape index (κ1) is 26.9. The Kier molecular flexibility index (Phi) is 9.57. The van der Waals surface area contributed by atoms with E-state index in [4.69, 9.17) is 21.7 Å². The largest absolute Gasteiger partial charge is 0.494 e. The number of nitrogens with zero attached hydrogens (tertiary/aromatic N) is 3. The Labute approximate surface area is 215 Å². The molecule has 1 aliphatic heterocycles. The number of hydrogen-bond donors (Lipinski definition) is 1. The Morgan fingerprint density at radius 1 is 1.08 bits per heavy atom. The number of amides is 1. The smallest absolute Gasteiger partial charge is 0.338 e. The van der Waals surface area contributed by atoms with Crippen LogP contribution in [0.4, 0.5) is 11.4 Å². The standard InChI is InChI=1S/C25H30N4O6S/c1-3-5-15-35-20-8-6-7-18(16-20)23(30)26-25(36)28-13-11-27(12-14-28)21-10-9-19(24(31)34-4-2)17-22(21)29(32)33/h6-10,16-17H,3-5,11-15H2,1-2H3,(H,26,30,36). The number of nitrogens with one attached hydrogen (secondary N) is 1. The predicted octanol–water partition coefficient (Wildman–Crippen LogP) is 3.79. The molecule has 3 rings (SSSR count). The van der Waals surface area contributed by atoms with Crippen LogP contribution in [0.3, 0.4) is 0 Å². The number of thiocarbonyl (C=S) groups is 1. The molecule has 10 nitrogen and oxygen atoms in total. The Morgan fingerprint density at radius 2 is 1.83 bits per heavy atom. The van der Waals surface area contributed by atoms with Gasteiger partial charge >= 0.3 is 5.97 Å². The monoisotopic (exact) mass is 514 g/mol. The molecule has 0 aromatic heterocycles. The van der Waals surface area contributed by atoms with E-state index in [0.717, 1.165) is 12.8 Å². The van der Waals surface area contributed by atoms with Gasteiger partial charge in [0.15, 0.2) is 5.11 Å². The SMILES string of the molecule is CCCCOc1cccc(C(=O)NC(=S)N2CCN(c3ccc(C(=O)OCC)cc3[N+](=O)[O-])CC2)c1. The zero-order valence-electron chi connectivity index (χ0n) is 20.4. The van der Waals surface area contributed by atoms with E-state index in [1.807, 2.05) is 15.9 Å². The number of esters is 1. The molecule has 1 heterocycles. The van der Waals surface area contributed by atoms with Crippen LogP contribution in [0.25, 0.3) is 0 Å². The molecule has 0 spiro atoms. The van der Waals surface area contributed by atoms with Crippen molar-refractivity contribution in [2.75, 3.05) is 44.3 Å². The molecule has 0 bridgehead atoms. The first-order chi connectivity index (χ1) is 17.3. The fourth-order valence-corrected chi connectivity index (χ4v) is 4.01. The van der Waals surface area contributed by atoms with Crippen molar-refractivity contribution in [3.63, 3.8) is 0 Å². The number of nitro groups is 1. The average Bonchev–Trinajstić information content (AvgIpc) is 2.89. The summed E-state index contributed by atoms with van der Waals surface area (Å²) in [6.45, 7) is 6.38. The summed E-state index contributed by atoms with van der Waals surface area (Å²) in [6.07, 6.45) is 1.96. The maximum absolute atomic E-state index is 12.7. The fourth-order valence-electron chi connectivity index (χ4n) is 3.74. The molecule has 1 N–H and O–H groups in total. The van der Waals surface area contributed by atoms with Crippen molar-refractivity contribution >= 4 is 40.6 Å². The van der Waals surface area contributed by atoms with Crippen LogP contribution in [0, 0.1) is 10.1 Å². The molecule has 0 radical (unpaired) electrons. The van der Waals surface area contributed by atoms with Crippen LogP contribution in [0.2, 0.25) is 0 Å². The van der Waals surface area contributed by atoms with Gasteiger partial charge in [0.05, 0.1) is 23.7 Å². The predicted molar refractivity (Wildman–Crippen MR) is 140 cm³/mol. The molecule has 1 amide bonds. The number of ether oxygens (including phenoxy) is 2. The number of anilines is 1. The van der Waals surface area contributed by atoms with Crippen LogP contribution in [0.5, 0.6) is 5.75 Å². The van der Waals surface area contributed by atoms with E-state index in [9.17, 15) is 19.7 Å². The Hall–Kier alpha value is -3.73.